The molecule has 6 heteroatoms. The molecule has 0 fully saturated rings. The average Bonchev–Trinajstić information content (AvgIpc) is 2.51. The number of ether oxygens (including phenoxy) is 1. The average molecular weight is 348 g/mol. The number of benzene rings is 1. The number of hydrogen-bond donors (Lipinski definition) is 0. The van der Waals surface area contributed by atoms with Crippen LogP contribution in [-0.2, 0) is 16.5 Å². The molecule has 0 aliphatic carbocycles. The summed E-state index contributed by atoms with van der Waals surface area (Å²) < 4.78 is 36.9. The maximum absolute atomic E-state index is 10.5. The zero-order valence-corrected chi connectivity index (χ0v) is 15.9. The first-order valence-electron chi connectivity index (χ1n) is 8.66. The molecule has 0 aromatic heterocycles. The molecular formula is C18H29LiO4S. The summed E-state index contributed by atoms with van der Waals surface area (Å²) in [6, 6.07) is 7.91. The van der Waals surface area contributed by atoms with Crippen LogP contribution >= 0.6 is 0 Å². The molecule has 1 rings (SSSR count). The van der Waals surface area contributed by atoms with Crippen molar-refractivity contribution >= 4 is 10.1 Å². The minimum Gasteiger partial charge on any atom is -0.748 e. The van der Waals surface area contributed by atoms with E-state index >= 15 is 0 Å². The van der Waals surface area contributed by atoms with Crippen LogP contribution in [0.3, 0.4) is 0 Å². The fraction of sp³-hybridized carbons (Fsp3) is 0.667. The second-order valence-electron chi connectivity index (χ2n) is 5.98. The molecule has 0 aliphatic rings. The van der Waals surface area contributed by atoms with Crippen molar-refractivity contribution in [3.63, 3.8) is 0 Å². The van der Waals surface area contributed by atoms with Gasteiger partial charge in [-0.15, -0.1) is 0 Å². The first-order chi connectivity index (χ1) is 11.0. The van der Waals surface area contributed by atoms with E-state index in [0.29, 0.717) is 0 Å². The minimum atomic E-state index is -4.14. The van der Waals surface area contributed by atoms with Gasteiger partial charge in [0.15, 0.2) is 0 Å². The van der Waals surface area contributed by atoms with Gasteiger partial charge in [-0.1, -0.05) is 57.6 Å². The van der Waals surface area contributed by atoms with Crippen LogP contribution in [0.2, 0.25) is 0 Å². The second-order valence-corrected chi connectivity index (χ2v) is 7.50. The molecule has 24 heavy (non-hydrogen) atoms. The Bertz CT molecular complexity index is 514. The molecule has 0 amide bonds. The minimum absolute atomic E-state index is 0. The van der Waals surface area contributed by atoms with Gasteiger partial charge in [-0.3, -0.25) is 0 Å². The van der Waals surface area contributed by atoms with E-state index in [-0.39, 0.29) is 37.6 Å². The molecule has 132 valence electrons. The fourth-order valence-corrected chi connectivity index (χ4v) is 2.94. The van der Waals surface area contributed by atoms with Gasteiger partial charge in [-0.2, -0.15) is 0 Å². The molecule has 0 heterocycles. The van der Waals surface area contributed by atoms with Crippen molar-refractivity contribution in [1.82, 2.24) is 0 Å². The third-order valence-electron chi connectivity index (χ3n) is 3.80. The van der Waals surface area contributed by atoms with Gasteiger partial charge in [0.2, 0.25) is 0 Å². The van der Waals surface area contributed by atoms with Crippen molar-refractivity contribution in [1.29, 1.82) is 0 Å². The molecule has 0 N–H and O–H groups in total. The summed E-state index contributed by atoms with van der Waals surface area (Å²) >= 11 is 0. The van der Waals surface area contributed by atoms with Gasteiger partial charge >= 0.3 is 18.9 Å². The fourth-order valence-electron chi connectivity index (χ4n) is 2.46. The van der Waals surface area contributed by atoms with Crippen LogP contribution in [0.1, 0.15) is 63.9 Å². The van der Waals surface area contributed by atoms with Crippen molar-refractivity contribution < 1.29 is 36.6 Å². The molecule has 0 radical (unpaired) electrons. The molecule has 0 bridgehead atoms. The predicted octanol–water partition coefficient (Wildman–Crippen LogP) is 1.30. The molecular weight excluding hydrogens is 319 g/mol. The van der Waals surface area contributed by atoms with Crippen LogP contribution in [0.4, 0.5) is 0 Å². The summed E-state index contributed by atoms with van der Waals surface area (Å²) in [6.45, 7) is 2.48. The largest absolute Gasteiger partial charge is 1.00 e. The molecule has 1 aromatic carbocycles. The van der Waals surface area contributed by atoms with E-state index in [1.807, 2.05) is 12.1 Å². The topological polar surface area (TPSA) is 66.4 Å². The number of aryl methyl sites for hydroxylation is 1. The SMILES string of the molecule is CCCCCCCCCc1ccc(OCCCS(=O)(=O)[O-])cc1.[Li+]. The zero-order valence-electron chi connectivity index (χ0n) is 15.1. The Hall–Kier alpha value is -0.473. The molecule has 4 nitrogen and oxygen atoms in total. The maximum atomic E-state index is 10.5. The van der Waals surface area contributed by atoms with Gasteiger partial charge < -0.3 is 9.29 Å². The Balaban J connectivity index is 0.00000529. The van der Waals surface area contributed by atoms with E-state index in [2.05, 4.69) is 19.1 Å². The molecule has 0 saturated heterocycles. The molecule has 0 saturated carbocycles. The monoisotopic (exact) mass is 348 g/mol. The van der Waals surface area contributed by atoms with E-state index in [1.54, 1.807) is 0 Å². The quantitative estimate of drug-likeness (QED) is 0.306. The van der Waals surface area contributed by atoms with Crippen LogP contribution < -0.4 is 23.6 Å². The van der Waals surface area contributed by atoms with E-state index in [1.165, 1.54) is 50.5 Å². The van der Waals surface area contributed by atoms with Crippen LogP contribution in [0, 0.1) is 0 Å². The van der Waals surface area contributed by atoms with Crippen LogP contribution in [-0.4, -0.2) is 25.3 Å². The maximum Gasteiger partial charge on any atom is 1.00 e. The van der Waals surface area contributed by atoms with Crippen LogP contribution in [0.5, 0.6) is 5.75 Å². The zero-order chi connectivity index (χ0) is 17.0. The van der Waals surface area contributed by atoms with Gasteiger partial charge in [0.1, 0.15) is 5.75 Å². The molecule has 1 aromatic rings. The van der Waals surface area contributed by atoms with Crippen molar-refractivity contribution in [3.8, 4) is 5.75 Å². The molecule has 0 unspecified atom stereocenters. The van der Waals surface area contributed by atoms with E-state index in [0.717, 1.165) is 12.2 Å². The van der Waals surface area contributed by atoms with Gasteiger partial charge in [-0.05, 0) is 37.0 Å². The normalized spacial score (nSPS) is 11.1. The van der Waals surface area contributed by atoms with E-state index < -0.39 is 10.1 Å². The third-order valence-corrected chi connectivity index (χ3v) is 4.59. The summed E-state index contributed by atoms with van der Waals surface area (Å²) in [7, 11) is -4.14. The summed E-state index contributed by atoms with van der Waals surface area (Å²) in [5.74, 6) is 0.347. The van der Waals surface area contributed by atoms with Crippen molar-refractivity contribution in [2.24, 2.45) is 0 Å². The van der Waals surface area contributed by atoms with Crippen molar-refractivity contribution in [3.05, 3.63) is 29.8 Å². The summed E-state index contributed by atoms with van der Waals surface area (Å²) in [4.78, 5) is 0. The van der Waals surface area contributed by atoms with Gasteiger partial charge in [-0.25, -0.2) is 8.42 Å². The van der Waals surface area contributed by atoms with Crippen LogP contribution in [0.15, 0.2) is 24.3 Å². The Morgan fingerprint density at radius 2 is 1.50 bits per heavy atom. The number of rotatable bonds is 13. The Morgan fingerprint density at radius 3 is 2.08 bits per heavy atom. The van der Waals surface area contributed by atoms with Crippen LogP contribution in [0.25, 0.3) is 0 Å². The predicted molar refractivity (Wildman–Crippen MR) is 92.8 cm³/mol. The van der Waals surface area contributed by atoms with Gasteiger partial charge in [0.05, 0.1) is 16.7 Å². The summed E-state index contributed by atoms with van der Waals surface area (Å²) in [6.07, 6.45) is 10.5. The standard InChI is InChI=1S/C18H30O4S.Li/c1-2-3-4-5-6-7-8-10-17-11-13-18(14-12-17)22-15-9-16-23(19,20)21;/h11-14H,2-10,15-16H2,1H3,(H,19,20,21);/q;+1/p-1. The Labute approximate surface area is 159 Å². The third kappa shape index (κ3) is 12.9. The van der Waals surface area contributed by atoms with E-state index in [9.17, 15) is 13.0 Å². The van der Waals surface area contributed by atoms with Gasteiger partial charge in [0.25, 0.3) is 0 Å². The molecule has 0 aliphatic heterocycles. The number of unbranched alkanes of at least 4 members (excludes halogenated alkanes) is 6. The second kappa shape index (κ2) is 13.8. The summed E-state index contributed by atoms with van der Waals surface area (Å²) in [5, 5.41) is 0. The molecule has 0 atom stereocenters. The first-order valence-corrected chi connectivity index (χ1v) is 10.2. The smallest absolute Gasteiger partial charge is 0.748 e. The number of hydrogen-bond acceptors (Lipinski definition) is 4. The van der Waals surface area contributed by atoms with Gasteiger partial charge in [0, 0.05) is 5.75 Å². The van der Waals surface area contributed by atoms with Crippen molar-refractivity contribution in [2.45, 2.75) is 64.7 Å². The van der Waals surface area contributed by atoms with Crippen molar-refractivity contribution in [2.75, 3.05) is 12.4 Å². The Morgan fingerprint density at radius 1 is 0.917 bits per heavy atom. The first kappa shape index (κ1) is 23.5. The Kier molecular flexibility index (Phi) is 13.5. The molecule has 0 spiro atoms. The van der Waals surface area contributed by atoms with E-state index in [4.69, 9.17) is 4.74 Å². The summed E-state index contributed by atoms with van der Waals surface area (Å²) in [5.41, 5.74) is 1.30.